The van der Waals surface area contributed by atoms with Crippen molar-refractivity contribution in [1.29, 1.82) is 0 Å². The summed E-state index contributed by atoms with van der Waals surface area (Å²) in [7, 11) is 0. The van der Waals surface area contributed by atoms with Crippen LogP contribution >= 0.6 is 23.1 Å². The number of hydrogen-bond acceptors (Lipinski definition) is 5. The maximum absolute atomic E-state index is 12.2. The zero-order valence-corrected chi connectivity index (χ0v) is 12.8. The molecule has 1 unspecified atom stereocenters. The summed E-state index contributed by atoms with van der Waals surface area (Å²) in [5, 5.41) is 3.86. The number of fused-ring (bicyclic) bond motifs is 1. The Morgan fingerprint density at radius 1 is 1.63 bits per heavy atom. The van der Waals surface area contributed by atoms with Gasteiger partial charge in [-0.15, -0.1) is 11.3 Å². The largest absolute Gasteiger partial charge is 0.397 e. The standard InChI is InChI=1S/C13H17N3OS2/c1-7-4-5-15-13-9(7)10(14)11(19-13)12(17)16-8(2)6-18-3/h4-5,8H,6,14H2,1-3H3,(H,16,17). The first-order valence-electron chi connectivity index (χ1n) is 5.98. The Balaban J connectivity index is 2.33. The van der Waals surface area contributed by atoms with Crippen LogP contribution in [0.2, 0.25) is 0 Å². The molecule has 0 aliphatic rings. The third kappa shape index (κ3) is 2.84. The summed E-state index contributed by atoms with van der Waals surface area (Å²) < 4.78 is 0. The number of amides is 1. The van der Waals surface area contributed by atoms with Crippen LogP contribution in [0.3, 0.4) is 0 Å². The molecule has 0 aliphatic carbocycles. The second-order valence-electron chi connectivity index (χ2n) is 4.48. The van der Waals surface area contributed by atoms with Gasteiger partial charge in [-0.2, -0.15) is 11.8 Å². The average Bonchev–Trinajstić information content (AvgIpc) is 2.68. The Morgan fingerprint density at radius 2 is 2.37 bits per heavy atom. The normalized spacial score (nSPS) is 12.6. The van der Waals surface area contributed by atoms with E-state index in [1.165, 1.54) is 11.3 Å². The maximum atomic E-state index is 12.2. The van der Waals surface area contributed by atoms with Gasteiger partial charge in [0.15, 0.2) is 0 Å². The lowest BCUT2D eigenvalue weighted by Crippen LogP contribution is -2.34. The number of nitrogens with zero attached hydrogens (tertiary/aromatic N) is 1. The zero-order chi connectivity index (χ0) is 14.0. The highest BCUT2D eigenvalue weighted by Gasteiger charge is 2.19. The number of rotatable bonds is 4. The van der Waals surface area contributed by atoms with Crippen molar-refractivity contribution in [1.82, 2.24) is 10.3 Å². The number of aromatic nitrogens is 1. The van der Waals surface area contributed by atoms with Crippen molar-refractivity contribution >= 4 is 44.9 Å². The van der Waals surface area contributed by atoms with Crippen LogP contribution in [0.25, 0.3) is 10.2 Å². The maximum Gasteiger partial charge on any atom is 0.263 e. The van der Waals surface area contributed by atoms with Gasteiger partial charge in [0.05, 0.1) is 5.69 Å². The molecule has 0 aromatic carbocycles. The smallest absolute Gasteiger partial charge is 0.263 e. The highest BCUT2D eigenvalue weighted by molar-refractivity contribution is 7.98. The van der Waals surface area contributed by atoms with E-state index >= 15 is 0 Å². The predicted molar refractivity (Wildman–Crippen MR) is 84.1 cm³/mol. The van der Waals surface area contributed by atoms with Crippen LogP contribution in [0.15, 0.2) is 12.3 Å². The molecular formula is C13H17N3OS2. The van der Waals surface area contributed by atoms with Crippen molar-refractivity contribution in [2.45, 2.75) is 19.9 Å². The van der Waals surface area contributed by atoms with Gasteiger partial charge < -0.3 is 11.1 Å². The molecule has 0 radical (unpaired) electrons. The van der Waals surface area contributed by atoms with E-state index in [1.54, 1.807) is 18.0 Å². The molecule has 19 heavy (non-hydrogen) atoms. The van der Waals surface area contributed by atoms with E-state index in [9.17, 15) is 4.79 Å². The molecule has 0 saturated heterocycles. The molecule has 0 saturated carbocycles. The minimum absolute atomic E-state index is 0.110. The van der Waals surface area contributed by atoms with E-state index in [0.717, 1.165) is 21.5 Å². The molecule has 6 heteroatoms. The van der Waals surface area contributed by atoms with Gasteiger partial charge in [0.25, 0.3) is 5.91 Å². The van der Waals surface area contributed by atoms with E-state index in [1.807, 2.05) is 26.2 Å². The Bertz CT molecular complexity index is 609. The quantitative estimate of drug-likeness (QED) is 0.910. The van der Waals surface area contributed by atoms with Crippen LogP contribution in [0.1, 0.15) is 22.2 Å². The van der Waals surface area contributed by atoms with Gasteiger partial charge in [0.1, 0.15) is 9.71 Å². The van der Waals surface area contributed by atoms with Crippen molar-refractivity contribution in [3.63, 3.8) is 0 Å². The van der Waals surface area contributed by atoms with Crippen LogP contribution in [0.4, 0.5) is 5.69 Å². The summed E-state index contributed by atoms with van der Waals surface area (Å²) in [4.78, 5) is 17.9. The number of carbonyl (C=O) groups excluding carboxylic acids is 1. The fourth-order valence-electron chi connectivity index (χ4n) is 1.95. The lowest BCUT2D eigenvalue weighted by molar-refractivity contribution is 0.0948. The van der Waals surface area contributed by atoms with Crippen LogP contribution in [-0.2, 0) is 0 Å². The highest BCUT2D eigenvalue weighted by atomic mass is 32.2. The summed E-state index contributed by atoms with van der Waals surface area (Å²) in [5.74, 6) is 0.773. The number of nitrogen functional groups attached to an aromatic ring is 1. The van der Waals surface area contributed by atoms with Crippen molar-refractivity contribution in [3.8, 4) is 0 Å². The van der Waals surface area contributed by atoms with Gasteiger partial charge in [0.2, 0.25) is 0 Å². The average molecular weight is 295 g/mol. The van der Waals surface area contributed by atoms with Gasteiger partial charge >= 0.3 is 0 Å². The number of nitrogens with two attached hydrogens (primary N) is 1. The highest BCUT2D eigenvalue weighted by Crippen LogP contribution is 2.34. The SMILES string of the molecule is CSCC(C)NC(=O)c1sc2nccc(C)c2c1N. The minimum atomic E-state index is -0.110. The first-order chi connectivity index (χ1) is 9.04. The van der Waals surface area contributed by atoms with Gasteiger partial charge in [0, 0.05) is 23.4 Å². The third-order valence-corrected chi connectivity index (χ3v) is 4.78. The monoisotopic (exact) mass is 295 g/mol. The number of pyridine rings is 1. The third-order valence-electron chi connectivity index (χ3n) is 2.84. The molecule has 0 spiro atoms. The van der Waals surface area contributed by atoms with Crippen LogP contribution in [-0.4, -0.2) is 28.9 Å². The van der Waals surface area contributed by atoms with Gasteiger partial charge in [-0.1, -0.05) is 0 Å². The van der Waals surface area contributed by atoms with Gasteiger partial charge in [-0.25, -0.2) is 4.98 Å². The molecular weight excluding hydrogens is 278 g/mol. The first kappa shape index (κ1) is 14.1. The summed E-state index contributed by atoms with van der Waals surface area (Å²) in [6.45, 7) is 3.96. The van der Waals surface area contributed by atoms with E-state index in [0.29, 0.717) is 10.6 Å². The Kier molecular flexibility index (Phi) is 4.31. The molecule has 2 rings (SSSR count). The fraction of sp³-hybridized carbons (Fsp3) is 0.385. The second-order valence-corrected chi connectivity index (χ2v) is 6.39. The summed E-state index contributed by atoms with van der Waals surface area (Å²) in [6.07, 6.45) is 3.76. The van der Waals surface area contributed by atoms with E-state index in [-0.39, 0.29) is 11.9 Å². The number of aryl methyl sites for hydroxylation is 1. The van der Waals surface area contributed by atoms with Crippen molar-refractivity contribution < 1.29 is 4.79 Å². The summed E-state index contributed by atoms with van der Waals surface area (Å²) >= 11 is 3.05. The molecule has 2 heterocycles. The lowest BCUT2D eigenvalue weighted by atomic mass is 10.1. The molecule has 0 bridgehead atoms. The van der Waals surface area contributed by atoms with Crippen molar-refractivity contribution in [2.24, 2.45) is 0 Å². The van der Waals surface area contributed by atoms with Gasteiger partial charge in [-0.3, -0.25) is 4.79 Å². The summed E-state index contributed by atoms with van der Waals surface area (Å²) in [5.41, 5.74) is 7.69. The number of anilines is 1. The molecule has 2 aromatic rings. The number of thioether (sulfide) groups is 1. The zero-order valence-electron chi connectivity index (χ0n) is 11.2. The molecule has 0 fully saturated rings. The predicted octanol–water partition coefficient (Wildman–Crippen LogP) is 2.67. The van der Waals surface area contributed by atoms with Crippen LogP contribution in [0.5, 0.6) is 0 Å². The molecule has 1 atom stereocenters. The molecule has 1 amide bonds. The molecule has 2 aromatic heterocycles. The van der Waals surface area contributed by atoms with Crippen molar-refractivity contribution in [2.75, 3.05) is 17.7 Å². The molecule has 0 aliphatic heterocycles. The second kappa shape index (κ2) is 5.79. The number of nitrogens with one attached hydrogen (secondary N) is 1. The van der Waals surface area contributed by atoms with E-state index < -0.39 is 0 Å². The molecule has 4 nitrogen and oxygen atoms in total. The number of carbonyl (C=O) groups is 1. The van der Waals surface area contributed by atoms with Crippen LogP contribution < -0.4 is 11.1 Å². The first-order valence-corrected chi connectivity index (χ1v) is 8.19. The Labute approximate surface area is 120 Å². The van der Waals surface area contributed by atoms with Crippen LogP contribution in [0, 0.1) is 6.92 Å². The van der Waals surface area contributed by atoms with E-state index in [4.69, 9.17) is 5.73 Å². The summed E-state index contributed by atoms with van der Waals surface area (Å²) in [6, 6.07) is 2.03. The molecule has 3 N–H and O–H groups in total. The van der Waals surface area contributed by atoms with E-state index in [2.05, 4.69) is 10.3 Å². The van der Waals surface area contributed by atoms with Gasteiger partial charge in [-0.05, 0) is 31.7 Å². The molecule has 102 valence electrons. The lowest BCUT2D eigenvalue weighted by Gasteiger charge is -2.11. The topological polar surface area (TPSA) is 68.0 Å². The van der Waals surface area contributed by atoms with Crippen molar-refractivity contribution in [3.05, 3.63) is 22.7 Å². The Hall–Kier alpha value is -1.27. The number of hydrogen-bond donors (Lipinski definition) is 2. The Morgan fingerprint density at radius 3 is 3.00 bits per heavy atom. The minimum Gasteiger partial charge on any atom is -0.397 e. The fourth-order valence-corrected chi connectivity index (χ4v) is 3.58. The number of thiophene rings is 1.